The molecule has 6 nitrogen and oxygen atoms in total. The van der Waals surface area contributed by atoms with Gasteiger partial charge in [-0.05, 0) is 30.5 Å². The quantitative estimate of drug-likeness (QED) is 0.257. The van der Waals surface area contributed by atoms with Gasteiger partial charge in [0, 0.05) is 53.3 Å². The first-order valence-electron chi connectivity index (χ1n) is 12.5. The number of anilines is 1. The second kappa shape index (κ2) is 10.3. The van der Waals surface area contributed by atoms with Gasteiger partial charge >= 0.3 is 6.18 Å². The molecule has 39 heavy (non-hydrogen) atoms. The summed E-state index contributed by atoms with van der Waals surface area (Å²) in [5.74, 6) is -2.60. The SMILES string of the molecule is Cc1cc(-c2cc(OCc3ccccc3)c3c(n2)C=C[N+](=O)C3)c(N2CCCC(F)(F)CC2)nc1C(F)(F)F. The number of nitroso groups, excluding NO2 is 1. The van der Waals surface area contributed by atoms with Gasteiger partial charge in [-0.2, -0.15) is 13.2 Å². The number of fused-ring (bicyclic) bond motifs is 1. The summed E-state index contributed by atoms with van der Waals surface area (Å²) in [4.78, 5) is 22.2. The van der Waals surface area contributed by atoms with Crippen LogP contribution in [0.5, 0.6) is 5.75 Å². The molecule has 1 fully saturated rings. The molecule has 5 rings (SSSR count). The lowest BCUT2D eigenvalue weighted by molar-refractivity contribution is -0.496. The van der Waals surface area contributed by atoms with Crippen LogP contribution in [0.1, 0.15) is 47.3 Å². The van der Waals surface area contributed by atoms with Crippen LogP contribution in [0.25, 0.3) is 17.3 Å². The Morgan fingerprint density at radius 3 is 2.59 bits per heavy atom. The lowest BCUT2D eigenvalue weighted by Crippen LogP contribution is -2.28. The van der Waals surface area contributed by atoms with Gasteiger partial charge in [0.05, 0.1) is 17.0 Å². The summed E-state index contributed by atoms with van der Waals surface area (Å²) >= 11 is 0. The fourth-order valence-electron chi connectivity index (χ4n) is 4.82. The second-order valence-electron chi connectivity index (χ2n) is 9.75. The Morgan fingerprint density at radius 1 is 1.08 bits per heavy atom. The van der Waals surface area contributed by atoms with Crippen molar-refractivity contribution in [2.75, 3.05) is 18.0 Å². The first-order chi connectivity index (χ1) is 18.5. The topological polar surface area (TPSA) is 58.3 Å². The maximum Gasteiger partial charge on any atom is 0.433 e. The number of alkyl halides is 5. The summed E-state index contributed by atoms with van der Waals surface area (Å²) in [6, 6.07) is 12.3. The molecule has 0 amide bonds. The molecule has 204 valence electrons. The average Bonchev–Trinajstić information content (AvgIpc) is 3.07. The molecule has 0 N–H and O–H groups in total. The minimum atomic E-state index is -4.72. The summed E-state index contributed by atoms with van der Waals surface area (Å²) in [7, 11) is 0. The van der Waals surface area contributed by atoms with Crippen molar-refractivity contribution < 1.29 is 31.4 Å². The van der Waals surface area contributed by atoms with Crippen molar-refractivity contribution in [2.45, 2.75) is 51.4 Å². The Kier molecular flexibility index (Phi) is 7.09. The van der Waals surface area contributed by atoms with E-state index in [4.69, 9.17) is 4.74 Å². The van der Waals surface area contributed by atoms with E-state index < -0.39 is 24.2 Å². The van der Waals surface area contributed by atoms with Crippen LogP contribution in [-0.4, -0.2) is 33.7 Å². The van der Waals surface area contributed by atoms with Crippen molar-refractivity contribution in [1.29, 1.82) is 0 Å². The molecular formula is C28H26F5N4O2+. The third kappa shape index (κ3) is 5.91. The number of aryl methyl sites for hydroxylation is 1. The first kappa shape index (κ1) is 26.7. The predicted molar refractivity (Wildman–Crippen MR) is 135 cm³/mol. The zero-order valence-corrected chi connectivity index (χ0v) is 21.1. The van der Waals surface area contributed by atoms with E-state index in [9.17, 15) is 26.9 Å². The van der Waals surface area contributed by atoms with Crippen LogP contribution in [0.2, 0.25) is 0 Å². The Labute approximate surface area is 221 Å². The highest BCUT2D eigenvalue weighted by Gasteiger charge is 2.38. The summed E-state index contributed by atoms with van der Waals surface area (Å²) in [5.41, 5.74) is 1.22. The molecule has 0 radical (unpaired) electrons. The van der Waals surface area contributed by atoms with Gasteiger partial charge in [-0.3, -0.25) is 0 Å². The number of hydrogen-bond acceptors (Lipinski definition) is 5. The Bertz CT molecular complexity index is 1420. The molecule has 3 aromatic rings. The fraction of sp³-hybridized carbons (Fsp3) is 0.357. The molecular weight excluding hydrogens is 519 g/mol. The Balaban J connectivity index is 1.63. The van der Waals surface area contributed by atoms with Crippen LogP contribution < -0.4 is 9.64 Å². The number of nitrogens with zero attached hydrogens (tertiary/aromatic N) is 4. The second-order valence-corrected chi connectivity index (χ2v) is 9.75. The van der Waals surface area contributed by atoms with Crippen molar-refractivity contribution in [3.05, 3.63) is 81.6 Å². The number of aromatic nitrogens is 2. The first-order valence-corrected chi connectivity index (χ1v) is 12.5. The zero-order chi connectivity index (χ0) is 27.8. The van der Waals surface area contributed by atoms with E-state index in [2.05, 4.69) is 9.97 Å². The van der Waals surface area contributed by atoms with E-state index in [1.165, 1.54) is 30.2 Å². The van der Waals surface area contributed by atoms with Crippen LogP contribution in [0.15, 0.2) is 48.7 Å². The molecule has 0 bridgehead atoms. The minimum Gasteiger partial charge on any atom is -0.488 e. The fourth-order valence-corrected chi connectivity index (χ4v) is 4.82. The molecule has 4 heterocycles. The molecule has 0 spiro atoms. The van der Waals surface area contributed by atoms with Crippen molar-refractivity contribution in [1.82, 2.24) is 9.97 Å². The lowest BCUT2D eigenvalue weighted by Gasteiger charge is -2.26. The Morgan fingerprint density at radius 2 is 1.85 bits per heavy atom. The third-order valence-electron chi connectivity index (χ3n) is 6.82. The molecule has 0 saturated carbocycles. The zero-order valence-electron chi connectivity index (χ0n) is 21.1. The van der Waals surface area contributed by atoms with Crippen LogP contribution in [0.3, 0.4) is 0 Å². The highest BCUT2D eigenvalue weighted by molar-refractivity contribution is 5.77. The predicted octanol–water partition coefficient (Wildman–Crippen LogP) is 6.94. The largest absolute Gasteiger partial charge is 0.488 e. The lowest BCUT2D eigenvalue weighted by atomic mass is 10.0. The van der Waals surface area contributed by atoms with Gasteiger partial charge in [0.25, 0.3) is 0 Å². The van der Waals surface area contributed by atoms with Crippen LogP contribution in [-0.2, 0) is 19.3 Å². The normalized spacial score (nSPS) is 17.1. The summed E-state index contributed by atoms with van der Waals surface area (Å²) < 4.78 is 76.6. The Hall–Kier alpha value is -3.89. The van der Waals surface area contributed by atoms with Crippen molar-refractivity contribution in [3.63, 3.8) is 0 Å². The van der Waals surface area contributed by atoms with Crippen molar-refractivity contribution in [2.24, 2.45) is 0 Å². The van der Waals surface area contributed by atoms with Crippen molar-refractivity contribution in [3.8, 4) is 17.0 Å². The molecule has 1 aromatic carbocycles. The highest BCUT2D eigenvalue weighted by Crippen LogP contribution is 2.40. The highest BCUT2D eigenvalue weighted by atomic mass is 19.4. The monoisotopic (exact) mass is 545 g/mol. The molecule has 0 aliphatic carbocycles. The number of rotatable bonds is 5. The smallest absolute Gasteiger partial charge is 0.433 e. The van der Waals surface area contributed by atoms with E-state index in [0.29, 0.717) is 17.0 Å². The van der Waals surface area contributed by atoms with Crippen LogP contribution in [0.4, 0.5) is 27.8 Å². The summed E-state index contributed by atoms with van der Waals surface area (Å²) in [6.07, 6.45) is -2.62. The standard InChI is InChI=1S/C28H26F5N4O2/c1-18-14-20(26(35-25(18)28(31,32)33)36-11-5-9-27(29,30)10-13-36)23-15-24(39-17-19-6-3-2-4-7-19)21-16-37(38)12-8-22(21)34-23/h2-4,6-8,12,14-15H,5,9-11,13,16-17H2,1H3/q+1. The average molecular weight is 546 g/mol. The minimum absolute atomic E-state index is 0.0123. The van der Waals surface area contributed by atoms with Gasteiger partial charge in [-0.15, -0.1) is 0 Å². The van der Waals surface area contributed by atoms with Gasteiger partial charge in [0.1, 0.15) is 23.9 Å². The van der Waals surface area contributed by atoms with E-state index >= 15 is 0 Å². The van der Waals surface area contributed by atoms with Gasteiger partial charge in [-0.1, -0.05) is 30.3 Å². The van der Waals surface area contributed by atoms with Gasteiger partial charge in [0.15, 0.2) is 0 Å². The maximum absolute atomic E-state index is 14.1. The molecule has 1 saturated heterocycles. The molecule has 2 aliphatic heterocycles. The maximum atomic E-state index is 14.1. The van der Waals surface area contributed by atoms with Crippen molar-refractivity contribution >= 4 is 11.9 Å². The molecule has 2 aromatic heterocycles. The number of ether oxygens (including phenoxy) is 1. The molecule has 0 atom stereocenters. The van der Waals surface area contributed by atoms with Gasteiger partial charge in [-0.25, -0.2) is 18.7 Å². The molecule has 0 unspecified atom stereocenters. The van der Waals surface area contributed by atoms with E-state index in [1.54, 1.807) is 6.07 Å². The number of benzene rings is 1. The number of pyridine rings is 2. The molecule has 11 heteroatoms. The van der Waals surface area contributed by atoms with E-state index in [0.717, 1.165) is 10.3 Å². The third-order valence-corrected chi connectivity index (χ3v) is 6.82. The van der Waals surface area contributed by atoms with Crippen LogP contribution >= 0.6 is 0 Å². The number of halogens is 5. The molecule has 2 aliphatic rings. The summed E-state index contributed by atoms with van der Waals surface area (Å²) in [6.45, 7) is 1.46. The van der Waals surface area contributed by atoms with E-state index in [1.807, 2.05) is 30.3 Å². The number of hydrogen-bond donors (Lipinski definition) is 0. The van der Waals surface area contributed by atoms with Gasteiger partial charge < -0.3 is 9.64 Å². The summed E-state index contributed by atoms with van der Waals surface area (Å²) in [5, 5.41) is 0. The van der Waals surface area contributed by atoms with E-state index in [-0.39, 0.29) is 61.7 Å². The van der Waals surface area contributed by atoms with Crippen LogP contribution in [0, 0.1) is 11.8 Å². The van der Waals surface area contributed by atoms with Gasteiger partial charge in [0.2, 0.25) is 18.7 Å².